The summed E-state index contributed by atoms with van der Waals surface area (Å²) in [6.45, 7) is 5.18. The van der Waals surface area contributed by atoms with Crippen molar-refractivity contribution in [2.45, 2.75) is 32.1 Å². The molecule has 2 bridgehead atoms. The van der Waals surface area contributed by atoms with E-state index < -0.39 is 0 Å². The van der Waals surface area contributed by atoms with Crippen molar-refractivity contribution in [3.63, 3.8) is 0 Å². The molecule has 3 saturated heterocycles. The topological polar surface area (TPSA) is 50.8 Å². The molecule has 4 aliphatic rings. The van der Waals surface area contributed by atoms with Gasteiger partial charge in [0.05, 0.1) is 0 Å². The second-order valence-electron chi connectivity index (χ2n) is 6.18. The number of nitrogens with zero attached hydrogens (tertiary/aromatic N) is 1. The number of carbonyl (C=O) groups excluding carboxylic acids is 1. The molecule has 112 valence electrons. The van der Waals surface area contributed by atoms with Gasteiger partial charge in [0.1, 0.15) is 0 Å². The molecule has 1 N–H and O–H groups in total. The van der Waals surface area contributed by atoms with Gasteiger partial charge in [-0.15, -0.1) is 0 Å². The van der Waals surface area contributed by atoms with E-state index in [0.717, 1.165) is 6.54 Å². The normalized spacial score (nSPS) is 33.0. The average molecular weight is 288 g/mol. The summed E-state index contributed by atoms with van der Waals surface area (Å²) in [5.74, 6) is 1.98. The molecule has 1 amide bonds. The van der Waals surface area contributed by atoms with Gasteiger partial charge in [0.2, 0.25) is 6.29 Å². The van der Waals surface area contributed by atoms with E-state index in [-0.39, 0.29) is 18.2 Å². The molecule has 5 rings (SSSR count). The fourth-order valence-corrected chi connectivity index (χ4v) is 3.60. The van der Waals surface area contributed by atoms with Gasteiger partial charge in [-0.1, -0.05) is 0 Å². The Morgan fingerprint density at radius 2 is 2.00 bits per heavy atom. The van der Waals surface area contributed by atoms with E-state index in [9.17, 15) is 4.79 Å². The molecule has 5 heteroatoms. The van der Waals surface area contributed by atoms with E-state index in [1.54, 1.807) is 12.1 Å². The lowest BCUT2D eigenvalue weighted by atomic mass is 9.84. The summed E-state index contributed by atoms with van der Waals surface area (Å²) in [4.78, 5) is 14.9. The van der Waals surface area contributed by atoms with Gasteiger partial charge in [-0.05, 0) is 50.0 Å². The Morgan fingerprint density at radius 3 is 2.71 bits per heavy atom. The Hall–Kier alpha value is -1.75. The first-order valence-corrected chi connectivity index (χ1v) is 7.69. The van der Waals surface area contributed by atoms with Gasteiger partial charge in [0, 0.05) is 25.1 Å². The molecule has 5 nitrogen and oxygen atoms in total. The first kappa shape index (κ1) is 13.0. The number of carbonyl (C=O) groups is 1. The molecular weight excluding hydrogens is 268 g/mol. The Bertz CT molecular complexity index is 567. The van der Waals surface area contributed by atoms with Crippen LogP contribution in [0.4, 0.5) is 0 Å². The molecule has 0 aromatic heterocycles. The molecular formula is C16H20N2O3. The molecule has 1 unspecified atom stereocenters. The number of hydrogen-bond acceptors (Lipinski definition) is 4. The van der Waals surface area contributed by atoms with Gasteiger partial charge < -0.3 is 19.7 Å². The molecule has 0 spiro atoms. The van der Waals surface area contributed by atoms with E-state index in [4.69, 9.17) is 9.47 Å². The third kappa shape index (κ3) is 2.35. The lowest BCUT2D eigenvalue weighted by Crippen LogP contribution is -2.57. The molecule has 0 radical (unpaired) electrons. The monoisotopic (exact) mass is 288 g/mol. The van der Waals surface area contributed by atoms with Crippen molar-refractivity contribution in [1.29, 1.82) is 0 Å². The van der Waals surface area contributed by atoms with Crippen LogP contribution < -0.4 is 14.8 Å². The third-order valence-electron chi connectivity index (χ3n) is 4.76. The predicted octanol–water partition coefficient (Wildman–Crippen LogP) is 1.63. The highest BCUT2D eigenvalue weighted by Crippen LogP contribution is 2.35. The largest absolute Gasteiger partial charge is 0.451 e. The van der Waals surface area contributed by atoms with E-state index in [1.807, 2.05) is 13.0 Å². The summed E-state index contributed by atoms with van der Waals surface area (Å²) in [5, 5.41) is 3.19. The third-order valence-corrected chi connectivity index (χ3v) is 4.76. The van der Waals surface area contributed by atoms with E-state index in [0.29, 0.717) is 23.0 Å². The van der Waals surface area contributed by atoms with Gasteiger partial charge in [-0.2, -0.15) is 0 Å². The minimum atomic E-state index is -0.278. The minimum absolute atomic E-state index is 0.0142. The van der Waals surface area contributed by atoms with Crippen molar-refractivity contribution in [3.05, 3.63) is 23.8 Å². The second kappa shape index (κ2) is 4.91. The van der Waals surface area contributed by atoms with Crippen molar-refractivity contribution >= 4 is 5.91 Å². The maximum absolute atomic E-state index is 12.4. The molecule has 0 aliphatic carbocycles. The lowest BCUT2D eigenvalue weighted by Gasteiger charge is -2.44. The van der Waals surface area contributed by atoms with Crippen LogP contribution in [0.5, 0.6) is 11.5 Å². The van der Waals surface area contributed by atoms with Crippen LogP contribution in [0.1, 0.15) is 30.1 Å². The highest BCUT2D eigenvalue weighted by atomic mass is 16.7. The average Bonchev–Trinajstić information content (AvgIpc) is 2.87. The van der Waals surface area contributed by atoms with Gasteiger partial charge >= 0.3 is 0 Å². The van der Waals surface area contributed by atoms with Crippen LogP contribution in [0.15, 0.2) is 18.2 Å². The maximum atomic E-state index is 12.4. The zero-order chi connectivity index (χ0) is 14.4. The van der Waals surface area contributed by atoms with Crippen molar-refractivity contribution in [3.8, 4) is 11.5 Å². The smallest absolute Gasteiger partial charge is 0.251 e. The Kier molecular flexibility index (Phi) is 3.03. The van der Waals surface area contributed by atoms with E-state index >= 15 is 0 Å². The molecule has 21 heavy (non-hydrogen) atoms. The second-order valence-corrected chi connectivity index (χ2v) is 6.18. The Morgan fingerprint density at radius 1 is 1.24 bits per heavy atom. The van der Waals surface area contributed by atoms with Crippen LogP contribution >= 0.6 is 0 Å². The van der Waals surface area contributed by atoms with Crippen LogP contribution in [-0.4, -0.2) is 42.8 Å². The number of rotatable bonds is 2. The number of nitrogens with one attached hydrogen (secondary N) is 1. The summed E-state index contributed by atoms with van der Waals surface area (Å²) < 4.78 is 11.0. The molecule has 4 heterocycles. The van der Waals surface area contributed by atoms with Crippen LogP contribution in [0, 0.1) is 5.92 Å². The first-order valence-electron chi connectivity index (χ1n) is 7.69. The van der Waals surface area contributed by atoms with Crippen molar-refractivity contribution in [1.82, 2.24) is 10.2 Å². The Balaban J connectivity index is 1.47. The van der Waals surface area contributed by atoms with Crippen molar-refractivity contribution in [2.75, 3.05) is 19.6 Å². The number of ether oxygens (including phenoxy) is 2. The predicted molar refractivity (Wildman–Crippen MR) is 77.6 cm³/mol. The molecule has 1 aromatic rings. The van der Waals surface area contributed by atoms with Crippen molar-refractivity contribution < 1.29 is 14.3 Å². The standard InChI is InChI=1S/C16H20N2O3/c1-10-20-14-3-2-12(8-15(14)21-10)16(19)17-13-9-18-6-4-11(13)5-7-18/h2-3,8,10-11,13H,4-7,9H2,1H3,(H,17,19)/t10?,13-/m0/s1. The van der Waals surface area contributed by atoms with E-state index in [2.05, 4.69) is 10.2 Å². The summed E-state index contributed by atoms with van der Waals surface area (Å²) in [6.07, 6.45) is 2.12. The van der Waals surface area contributed by atoms with E-state index in [1.165, 1.54) is 25.9 Å². The zero-order valence-electron chi connectivity index (χ0n) is 12.2. The first-order chi connectivity index (χ1) is 10.2. The van der Waals surface area contributed by atoms with Crippen LogP contribution in [0.3, 0.4) is 0 Å². The molecule has 3 fully saturated rings. The molecule has 1 aromatic carbocycles. The summed E-state index contributed by atoms with van der Waals surface area (Å²) in [6, 6.07) is 5.67. The van der Waals surface area contributed by atoms with Gasteiger partial charge in [-0.3, -0.25) is 4.79 Å². The Labute approximate surface area is 124 Å². The number of hydrogen-bond donors (Lipinski definition) is 1. The van der Waals surface area contributed by atoms with Crippen LogP contribution in [0.2, 0.25) is 0 Å². The maximum Gasteiger partial charge on any atom is 0.251 e. The number of amides is 1. The highest BCUT2D eigenvalue weighted by Gasteiger charge is 2.35. The number of fused-ring (bicyclic) bond motifs is 4. The van der Waals surface area contributed by atoms with Crippen LogP contribution in [-0.2, 0) is 0 Å². The fourth-order valence-electron chi connectivity index (χ4n) is 3.60. The lowest BCUT2D eigenvalue weighted by molar-refractivity contribution is 0.0618. The van der Waals surface area contributed by atoms with Gasteiger partial charge in [0.15, 0.2) is 11.5 Å². The number of piperidine rings is 3. The van der Waals surface area contributed by atoms with Gasteiger partial charge in [-0.25, -0.2) is 0 Å². The van der Waals surface area contributed by atoms with Gasteiger partial charge in [0.25, 0.3) is 5.91 Å². The quantitative estimate of drug-likeness (QED) is 0.898. The summed E-state index contributed by atoms with van der Waals surface area (Å²) in [5.41, 5.74) is 0.642. The van der Waals surface area contributed by atoms with Crippen molar-refractivity contribution in [2.24, 2.45) is 5.92 Å². The summed E-state index contributed by atoms with van der Waals surface area (Å²) in [7, 11) is 0. The SMILES string of the molecule is CC1Oc2ccc(C(=O)N[C@H]3CN4CCC3CC4)cc2O1. The molecule has 2 atom stereocenters. The number of benzene rings is 1. The molecule has 0 saturated carbocycles. The van der Waals surface area contributed by atoms with Crippen LogP contribution in [0.25, 0.3) is 0 Å². The minimum Gasteiger partial charge on any atom is -0.451 e. The molecule has 4 aliphatic heterocycles. The summed E-state index contributed by atoms with van der Waals surface area (Å²) >= 11 is 0. The fraction of sp³-hybridized carbons (Fsp3) is 0.562. The highest BCUT2D eigenvalue weighted by molar-refractivity contribution is 5.95. The zero-order valence-corrected chi connectivity index (χ0v) is 12.2.